The van der Waals surface area contributed by atoms with Gasteiger partial charge in [-0.3, -0.25) is 0 Å². The van der Waals surface area contributed by atoms with Gasteiger partial charge in [0.2, 0.25) is 5.95 Å². The maximum atomic E-state index is 13.2. The number of rotatable bonds is 3. The van der Waals surface area contributed by atoms with E-state index in [2.05, 4.69) is 31.2 Å². The molecule has 6 heteroatoms. The highest BCUT2D eigenvalue weighted by Crippen LogP contribution is 2.26. The Balaban J connectivity index is 2.28. The predicted octanol–water partition coefficient (Wildman–Crippen LogP) is 4.40. The van der Waals surface area contributed by atoms with Gasteiger partial charge in [-0.1, -0.05) is 15.9 Å². The Bertz CT molecular complexity index is 576. The summed E-state index contributed by atoms with van der Waals surface area (Å²) < 4.78 is 27.2. The molecule has 0 spiro atoms. The fraction of sp³-hybridized carbons (Fsp3) is 0.231. The quantitative estimate of drug-likeness (QED) is 0.907. The monoisotopic (exact) mass is 327 g/mol. The van der Waals surface area contributed by atoms with E-state index in [4.69, 9.17) is 0 Å². The highest BCUT2D eigenvalue weighted by atomic mass is 79.9. The Hall–Kier alpha value is -1.56. The van der Waals surface area contributed by atoms with Crippen LogP contribution in [0, 0.1) is 6.92 Å². The third kappa shape index (κ3) is 3.70. The fourth-order valence-corrected chi connectivity index (χ4v) is 2.21. The van der Waals surface area contributed by atoms with E-state index in [0.717, 1.165) is 22.6 Å². The molecule has 0 saturated carbocycles. The molecular formula is C13H12BrF2N3. The van der Waals surface area contributed by atoms with Crippen molar-refractivity contribution in [2.75, 3.05) is 5.32 Å². The topological polar surface area (TPSA) is 37.8 Å². The second kappa shape index (κ2) is 5.21. The Morgan fingerprint density at radius 1 is 1.26 bits per heavy atom. The van der Waals surface area contributed by atoms with E-state index in [9.17, 15) is 8.78 Å². The van der Waals surface area contributed by atoms with Crippen LogP contribution >= 0.6 is 15.9 Å². The molecule has 0 bridgehead atoms. The van der Waals surface area contributed by atoms with Gasteiger partial charge in [-0.2, -0.15) is 8.78 Å². The summed E-state index contributed by atoms with van der Waals surface area (Å²) in [6, 6.07) is 6.86. The molecule has 1 heterocycles. The van der Waals surface area contributed by atoms with Gasteiger partial charge in [0.15, 0.2) is 0 Å². The number of halogens is 3. The summed E-state index contributed by atoms with van der Waals surface area (Å²) in [6.07, 6.45) is 1.31. The smallest absolute Gasteiger partial charge is 0.287 e. The van der Waals surface area contributed by atoms with Crippen LogP contribution in [0.4, 0.5) is 20.4 Å². The van der Waals surface area contributed by atoms with Crippen LogP contribution in [0.25, 0.3) is 0 Å². The Kier molecular flexibility index (Phi) is 3.80. The van der Waals surface area contributed by atoms with Crippen molar-refractivity contribution in [1.82, 2.24) is 9.97 Å². The molecule has 0 aliphatic rings. The zero-order valence-electron chi connectivity index (χ0n) is 10.4. The van der Waals surface area contributed by atoms with Crippen molar-refractivity contribution >= 4 is 27.6 Å². The highest BCUT2D eigenvalue weighted by molar-refractivity contribution is 9.10. The molecule has 0 atom stereocenters. The third-order valence-corrected chi connectivity index (χ3v) is 2.86. The maximum absolute atomic E-state index is 13.2. The summed E-state index contributed by atoms with van der Waals surface area (Å²) in [5.41, 5.74) is 1.47. The Morgan fingerprint density at radius 3 is 2.63 bits per heavy atom. The van der Waals surface area contributed by atoms with Gasteiger partial charge in [0.25, 0.3) is 5.92 Å². The van der Waals surface area contributed by atoms with Gasteiger partial charge in [-0.05, 0) is 36.8 Å². The second-order valence-electron chi connectivity index (χ2n) is 4.30. The zero-order valence-corrected chi connectivity index (χ0v) is 12.0. The van der Waals surface area contributed by atoms with Crippen molar-refractivity contribution in [2.45, 2.75) is 19.8 Å². The van der Waals surface area contributed by atoms with Crippen LogP contribution in [-0.4, -0.2) is 9.97 Å². The van der Waals surface area contributed by atoms with E-state index in [1.807, 2.05) is 25.1 Å². The molecule has 19 heavy (non-hydrogen) atoms. The number of nitrogens with one attached hydrogen (secondary N) is 1. The number of hydrogen-bond acceptors (Lipinski definition) is 3. The van der Waals surface area contributed by atoms with Gasteiger partial charge in [0.1, 0.15) is 5.69 Å². The lowest BCUT2D eigenvalue weighted by atomic mass is 10.2. The lowest BCUT2D eigenvalue weighted by Crippen LogP contribution is -2.11. The summed E-state index contributed by atoms with van der Waals surface area (Å²) in [6.45, 7) is 2.75. The molecule has 0 fully saturated rings. The number of hydrogen-bond donors (Lipinski definition) is 1. The molecule has 100 valence electrons. The van der Waals surface area contributed by atoms with Crippen LogP contribution in [0.3, 0.4) is 0 Å². The number of aromatic nitrogens is 2. The van der Waals surface area contributed by atoms with Crippen LogP contribution in [0.5, 0.6) is 0 Å². The van der Waals surface area contributed by atoms with Gasteiger partial charge >= 0.3 is 0 Å². The SMILES string of the molecule is Cc1cc(Br)cc(Nc2nccc(C(C)(F)F)n2)c1. The number of alkyl halides is 2. The summed E-state index contributed by atoms with van der Waals surface area (Å²) in [4.78, 5) is 7.75. The molecule has 0 radical (unpaired) electrons. The molecule has 0 saturated heterocycles. The van der Waals surface area contributed by atoms with Gasteiger partial charge in [0.05, 0.1) is 0 Å². The van der Waals surface area contributed by atoms with Crippen molar-refractivity contribution in [2.24, 2.45) is 0 Å². The first-order valence-electron chi connectivity index (χ1n) is 5.60. The van der Waals surface area contributed by atoms with Gasteiger partial charge < -0.3 is 5.32 Å². The summed E-state index contributed by atoms with van der Waals surface area (Å²) in [5.74, 6) is -2.83. The van der Waals surface area contributed by atoms with Crippen LogP contribution in [0.2, 0.25) is 0 Å². The van der Waals surface area contributed by atoms with Gasteiger partial charge in [0, 0.05) is 23.3 Å². The maximum Gasteiger partial charge on any atom is 0.287 e. The molecule has 3 nitrogen and oxygen atoms in total. The first kappa shape index (κ1) is 13.9. The molecule has 1 aromatic heterocycles. The largest absolute Gasteiger partial charge is 0.324 e. The fourth-order valence-electron chi connectivity index (χ4n) is 1.60. The lowest BCUT2D eigenvalue weighted by Gasteiger charge is -2.11. The molecule has 0 aliphatic heterocycles. The Morgan fingerprint density at radius 2 is 2.00 bits per heavy atom. The average molecular weight is 328 g/mol. The summed E-state index contributed by atoms with van der Waals surface area (Å²) in [7, 11) is 0. The van der Waals surface area contributed by atoms with Crippen LogP contribution in [0.1, 0.15) is 18.2 Å². The van der Waals surface area contributed by atoms with E-state index in [-0.39, 0.29) is 11.6 Å². The standard InChI is InChI=1S/C13H12BrF2N3/c1-8-5-9(14)7-10(6-8)18-12-17-4-3-11(19-12)13(2,15)16/h3-7H,1-2H3,(H,17,18,19). The zero-order chi connectivity index (χ0) is 14.0. The first-order valence-corrected chi connectivity index (χ1v) is 6.39. The third-order valence-electron chi connectivity index (χ3n) is 2.40. The molecular weight excluding hydrogens is 316 g/mol. The first-order chi connectivity index (χ1) is 8.84. The normalized spacial score (nSPS) is 11.4. The number of anilines is 2. The van der Waals surface area contributed by atoms with Crippen LogP contribution in [0.15, 0.2) is 34.9 Å². The van der Waals surface area contributed by atoms with Crippen LogP contribution in [-0.2, 0) is 5.92 Å². The Labute approximate surface area is 118 Å². The van der Waals surface area contributed by atoms with Gasteiger partial charge in [-0.15, -0.1) is 0 Å². The highest BCUT2D eigenvalue weighted by Gasteiger charge is 2.26. The minimum Gasteiger partial charge on any atom is -0.324 e. The number of nitrogens with zero attached hydrogens (tertiary/aromatic N) is 2. The van der Waals surface area contributed by atoms with Crippen molar-refractivity contribution in [1.29, 1.82) is 0 Å². The van der Waals surface area contributed by atoms with Crippen molar-refractivity contribution in [3.63, 3.8) is 0 Å². The summed E-state index contributed by atoms with van der Waals surface area (Å²) >= 11 is 3.37. The average Bonchev–Trinajstić information content (AvgIpc) is 2.26. The minimum absolute atomic E-state index is 0.150. The van der Waals surface area contributed by atoms with E-state index >= 15 is 0 Å². The number of aryl methyl sites for hydroxylation is 1. The van der Waals surface area contributed by atoms with Gasteiger partial charge in [-0.25, -0.2) is 9.97 Å². The number of benzene rings is 1. The molecule has 2 rings (SSSR count). The molecule has 1 aromatic carbocycles. The van der Waals surface area contributed by atoms with Crippen molar-refractivity contribution in [3.8, 4) is 0 Å². The molecule has 0 aliphatic carbocycles. The molecule has 0 unspecified atom stereocenters. The minimum atomic E-state index is -2.98. The second-order valence-corrected chi connectivity index (χ2v) is 5.21. The van der Waals surface area contributed by atoms with E-state index < -0.39 is 5.92 Å². The lowest BCUT2D eigenvalue weighted by molar-refractivity contribution is 0.0128. The van der Waals surface area contributed by atoms with Crippen molar-refractivity contribution < 1.29 is 8.78 Å². The molecule has 2 aromatic rings. The predicted molar refractivity (Wildman–Crippen MR) is 73.8 cm³/mol. The summed E-state index contributed by atoms with van der Waals surface area (Å²) in [5, 5.41) is 2.91. The molecule has 0 amide bonds. The molecule has 1 N–H and O–H groups in total. The van der Waals surface area contributed by atoms with Crippen LogP contribution < -0.4 is 5.32 Å². The van der Waals surface area contributed by atoms with E-state index in [1.54, 1.807) is 0 Å². The van der Waals surface area contributed by atoms with Crippen molar-refractivity contribution in [3.05, 3.63) is 46.2 Å². The van der Waals surface area contributed by atoms with E-state index in [0.29, 0.717) is 0 Å². The van der Waals surface area contributed by atoms with E-state index in [1.165, 1.54) is 12.3 Å².